The number of phenolic OH excluding ortho intramolecular Hbond substituents is 1. The van der Waals surface area contributed by atoms with E-state index in [9.17, 15) is 10.2 Å². The van der Waals surface area contributed by atoms with E-state index in [1.807, 2.05) is 38.1 Å². The lowest BCUT2D eigenvalue weighted by molar-refractivity contribution is 0.125. The van der Waals surface area contributed by atoms with Gasteiger partial charge in [0.15, 0.2) is 0 Å². The number of benzene rings is 1. The molecule has 1 aliphatic rings. The maximum absolute atomic E-state index is 9.77. The second-order valence-corrected chi connectivity index (χ2v) is 4.77. The molecule has 0 saturated heterocycles. The topological polar surface area (TPSA) is 40.5 Å². The Balaban J connectivity index is 2.36. The van der Waals surface area contributed by atoms with Crippen molar-refractivity contribution in [2.75, 3.05) is 0 Å². The summed E-state index contributed by atoms with van der Waals surface area (Å²) in [6.45, 7) is 4.00. The smallest absolute Gasteiger partial charge is 0.115 e. The average molecular weight is 216 g/mol. The van der Waals surface area contributed by atoms with Crippen molar-refractivity contribution in [3.63, 3.8) is 0 Å². The summed E-state index contributed by atoms with van der Waals surface area (Å²) in [5, 5.41) is 19.0. The maximum Gasteiger partial charge on any atom is 0.115 e. The van der Waals surface area contributed by atoms with Crippen molar-refractivity contribution in [1.82, 2.24) is 0 Å². The van der Waals surface area contributed by atoms with Gasteiger partial charge < -0.3 is 10.2 Å². The first-order valence-electron chi connectivity index (χ1n) is 5.37. The summed E-state index contributed by atoms with van der Waals surface area (Å²) in [7, 11) is 0. The molecule has 0 aromatic heterocycles. The minimum Gasteiger partial charge on any atom is -0.508 e. The zero-order valence-corrected chi connectivity index (χ0v) is 9.51. The van der Waals surface area contributed by atoms with Gasteiger partial charge >= 0.3 is 0 Å². The molecule has 0 amide bonds. The average Bonchev–Trinajstić information content (AvgIpc) is 2.23. The van der Waals surface area contributed by atoms with Crippen LogP contribution in [0.3, 0.4) is 0 Å². The lowest BCUT2D eigenvalue weighted by Crippen LogP contribution is -2.27. The Morgan fingerprint density at radius 3 is 2.31 bits per heavy atom. The molecule has 1 atom stereocenters. The second kappa shape index (κ2) is 3.80. The normalized spacial score (nSPS) is 22.9. The standard InChI is InChI=1S/C14H16O2/c1-14(2)9-11(5-8-13(14)16)10-3-6-12(15)7-4-10/h3-9,13,15-16H,1-2H3. The number of rotatable bonds is 1. The SMILES string of the molecule is CC1(C)C=C(c2ccc(O)cc2)C=CC1O. The third-order valence-electron chi connectivity index (χ3n) is 2.95. The molecule has 0 heterocycles. The number of hydrogen-bond acceptors (Lipinski definition) is 2. The molecule has 2 N–H and O–H groups in total. The van der Waals surface area contributed by atoms with Crippen LogP contribution in [0.1, 0.15) is 19.4 Å². The Labute approximate surface area is 95.6 Å². The van der Waals surface area contributed by atoms with E-state index in [0.29, 0.717) is 0 Å². The van der Waals surface area contributed by atoms with Gasteiger partial charge in [0, 0.05) is 5.41 Å². The molecule has 2 heteroatoms. The van der Waals surface area contributed by atoms with Crippen LogP contribution in [0.4, 0.5) is 0 Å². The highest BCUT2D eigenvalue weighted by atomic mass is 16.3. The van der Waals surface area contributed by atoms with Gasteiger partial charge in [-0.3, -0.25) is 0 Å². The second-order valence-electron chi connectivity index (χ2n) is 4.77. The van der Waals surface area contributed by atoms with Gasteiger partial charge in [0.25, 0.3) is 0 Å². The van der Waals surface area contributed by atoms with Crippen LogP contribution >= 0.6 is 0 Å². The molecule has 0 spiro atoms. The third kappa shape index (κ3) is 2.02. The minimum absolute atomic E-state index is 0.248. The number of hydrogen-bond donors (Lipinski definition) is 2. The minimum atomic E-state index is -0.437. The van der Waals surface area contributed by atoms with Gasteiger partial charge in [-0.25, -0.2) is 0 Å². The molecule has 2 rings (SSSR count). The first-order valence-corrected chi connectivity index (χ1v) is 5.37. The Morgan fingerprint density at radius 1 is 1.12 bits per heavy atom. The van der Waals surface area contributed by atoms with Crippen molar-refractivity contribution in [3.05, 3.63) is 48.1 Å². The summed E-state index contributed by atoms with van der Waals surface area (Å²) in [4.78, 5) is 0. The Kier molecular flexibility index (Phi) is 2.60. The summed E-state index contributed by atoms with van der Waals surface area (Å²) in [6.07, 6.45) is 5.35. The number of phenols is 1. The Hall–Kier alpha value is -1.54. The first-order chi connectivity index (χ1) is 7.49. The van der Waals surface area contributed by atoms with Crippen molar-refractivity contribution in [2.45, 2.75) is 20.0 Å². The van der Waals surface area contributed by atoms with E-state index in [1.165, 1.54) is 0 Å². The summed E-state index contributed by atoms with van der Waals surface area (Å²) < 4.78 is 0. The molecule has 0 fully saturated rings. The molecule has 84 valence electrons. The molecule has 1 aromatic rings. The van der Waals surface area contributed by atoms with Gasteiger partial charge in [-0.2, -0.15) is 0 Å². The lowest BCUT2D eigenvalue weighted by atomic mass is 9.79. The van der Waals surface area contributed by atoms with Crippen LogP contribution in [-0.2, 0) is 0 Å². The zero-order chi connectivity index (χ0) is 11.8. The van der Waals surface area contributed by atoms with Crippen molar-refractivity contribution >= 4 is 5.57 Å². The van der Waals surface area contributed by atoms with E-state index in [4.69, 9.17) is 0 Å². The van der Waals surface area contributed by atoms with Gasteiger partial charge in [-0.05, 0) is 23.3 Å². The van der Waals surface area contributed by atoms with Gasteiger partial charge in [-0.15, -0.1) is 0 Å². The highest BCUT2D eigenvalue weighted by Gasteiger charge is 2.26. The summed E-state index contributed by atoms with van der Waals surface area (Å²) in [5.74, 6) is 0.267. The highest BCUT2D eigenvalue weighted by molar-refractivity contribution is 5.76. The Morgan fingerprint density at radius 2 is 1.75 bits per heavy atom. The van der Waals surface area contributed by atoms with Crippen molar-refractivity contribution in [2.24, 2.45) is 5.41 Å². The third-order valence-corrected chi connectivity index (χ3v) is 2.95. The molecule has 1 aliphatic carbocycles. The van der Waals surface area contributed by atoms with Crippen LogP contribution in [0, 0.1) is 5.41 Å². The monoisotopic (exact) mass is 216 g/mol. The molecule has 1 aromatic carbocycles. The number of aliphatic hydroxyl groups is 1. The molecule has 2 nitrogen and oxygen atoms in total. The Bertz CT molecular complexity index is 438. The van der Waals surface area contributed by atoms with Crippen LogP contribution in [0.15, 0.2) is 42.5 Å². The van der Waals surface area contributed by atoms with Crippen LogP contribution in [0.5, 0.6) is 5.75 Å². The summed E-state index contributed by atoms with van der Waals surface area (Å²) >= 11 is 0. The first kappa shape index (κ1) is 11.0. The largest absolute Gasteiger partial charge is 0.508 e. The number of aliphatic hydroxyl groups excluding tert-OH is 1. The fourth-order valence-electron chi connectivity index (χ4n) is 1.81. The maximum atomic E-state index is 9.77. The van der Waals surface area contributed by atoms with Gasteiger partial charge in [-0.1, -0.05) is 44.2 Å². The molecule has 0 bridgehead atoms. The quantitative estimate of drug-likeness (QED) is 0.757. The van der Waals surface area contributed by atoms with Gasteiger partial charge in [0.2, 0.25) is 0 Å². The van der Waals surface area contributed by atoms with Crippen molar-refractivity contribution in [3.8, 4) is 5.75 Å². The van der Waals surface area contributed by atoms with Crippen LogP contribution in [0.2, 0.25) is 0 Å². The van der Waals surface area contributed by atoms with Gasteiger partial charge in [0.05, 0.1) is 6.10 Å². The van der Waals surface area contributed by atoms with E-state index < -0.39 is 6.10 Å². The number of aromatic hydroxyl groups is 1. The van der Waals surface area contributed by atoms with E-state index in [-0.39, 0.29) is 11.2 Å². The van der Waals surface area contributed by atoms with Crippen LogP contribution in [-0.4, -0.2) is 16.3 Å². The van der Waals surface area contributed by atoms with E-state index >= 15 is 0 Å². The predicted molar refractivity (Wildman–Crippen MR) is 65.0 cm³/mol. The van der Waals surface area contributed by atoms with E-state index in [2.05, 4.69) is 6.08 Å². The molecule has 0 radical (unpaired) electrons. The molecular weight excluding hydrogens is 200 g/mol. The highest BCUT2D eigenvalue weighted by Crippen LogP contribution is 2.33. The lowest BCUT2D eigenvalue weighted by Gasteiger charge is -2.29. The van der Waals surface area contributed by atoms with Crippen molar-refractivity contribution in [1.29, 1.82) is 0 Å². The summed E-state index contributed by atoms with van der Waals surface area (Å²) in [5.41, 5.74) is 1.88. The molecular formula is C14H16O2. The summed E-state index contributed by atoms with van der Waals surface area (Å²) in [6, 6.07) is 7.09. The fraction of sp³-hybridized carbons (Fsp3) is 0.286. The van der Waals surface area contributed by atoms with Crippen LogP contribution < -0.4 is 0 Å². The molecule has 0 aliphatic heterocycles. The van der Waals surface area contributed by atoms with Crippen LogP contribution in [0.25, 0.3) is 5.57 Å². The van der Waals surface area contributed by atoms with Crippen molar-refractivity contribution < 1.29 is 10.2 Å². The van der Waals surface area contributed by atoms with E-state index in [1.54, 1.807) is 12.1 Å². The number of allylic oxidation sites excluding steroid dienone is 2. The molecule has 16 heavy (non-hydrogen) atoms. The fourth-order valence-corrected chi connectivity index (χ4v) is 1.81. The van der Waals surface area contributed by atoms with E-state index in [0.717, 1.165) is 11.1 Å². The zero-order valence-electron chi connectivity index (χ0n) is 9.51. The predicted octanol–water partition coefficient (Wildman–Crippen LogP) is 2.73. The molecule has 0 saturated carbocycles. The van der Waals surface area contributed by atoms with Gasteiger partial charge in [0.1, 0.15) is 5.75 Å². The molecule has 1 unspecified atom stereocenters.